The number of methoxy groups -OCH3 is 2. The summed E-state index contributed by atoms with van der Waals surface area (Å²) in [6.07, 6.45) is 1.17. The monoisotopic (exact) mass is 416 g/mol. The number of amides is 1. The van der Waals surface area contributed by atoms with Gasteiger partial charge in [-0.3, -0.25) is 9.69 Å². The van der Waals surface area contributed by atoms with E-state index in [1.165, 1.54) is 12.0 Å². The minimum atomic E-state index is -2.30. The van der Waals surface area contributed by atoms with Crippen LogP contribution in [0.3, 0.4) is 0 Å². The molecule has 0 spiro atoms. The van der Waals surface area contributed by atoms with Crippen molar-refractivity contribution < 1.29 is 18.7 Å². The third kappa shape index (κ3) is 3.97. The lowest BCUT2D eigenvalue weighted by molar-refractivity contribution is -0.144. The van der Waals surface area contributed by atoms with Gasteiger partial charge >= 0.3 is 0 Å². The van der Waals surface area contributed by atoms with Crippen molar-refractivity contribution in [2.45, 2.75) is 63.1 Å². The molecule has 0 radical (unpaired) electrons. The molecular weight excluding hydrogens is 384 g/mol. The van der Waals surface area contributed by atoms with Gasteiger partial charge in [-0.2, -0.15) is 5.26 Å². The Hall–Kier alpha value is -2.14. The molecule has 1 amide bonds. The zero-order valence-corrected chi connectivity index (χ0v) is 19.5. The maximum absolute atomic E-state index is 13.6. The second-order valence-electron chi connectivity index (χ2n) is 8.83. The number of benzene rings is 1. The standard InChI is InChI=1S/C22H32N2O4Si/c1-9-14-22(27-6)19(28-29(7,8)21(2,3)4)18(15-23)24(20(22)25)16-10-12-17(26-5)13-11-16/h9-13,18-19H,1,14H2,2-8H3/t18-,19+,22-/m1/s1. The Kier molecular flexibility index (Phi) is 6.63. The first kappa shape index (κ1) is 23.1. The molecule has 1 heterocycles. The Morgan fingerprint density at radius 1 is 1.28 bits per heavy atom. The van der Waals surface area contributed by atoms with Crippen molar-refractivity contribution in [3.05, 3.63) is 36.9 Å². The number of nitrogens with zero attached hydrogens (tertiary/aromatic N) is 2. The first-order valence-electron chi connectivity index (χ1n) is 9.70. The van der Waals surface area contributed by atoms with Gasteiger partial charge in [-0.1, -0.05) is 26.8 Å². The molecule has 158 valence electrons. The van der Waals surface area contributed by atoms with Gasteiger partial charge in [0, 0.05) is 19.2 Å². The van der Waals surface area contributed by atoms with E-state index in [-0.39, 0.29) is 17.4 Å². The molecule has 3 atom stereocenters. The molecule has 1 aromatic carbocycles. The van der Waals surface area contributed by atoms with Crippen LogP contribution in [0, 0.1) is 11.3 Å². The predicted molar refractivity (Wildman–Crippen MR) is 117 cm³/mol. The number of carbonyl (C=O) groups is 1. The van der Waals surface area contributed by atoms with Crippen LogP contribution in [0.1, 0.15) is 27.2 Å². The van der Waals surface area contributed by atoms with Crippen LogP contribution in [0.15, 0.2) is 36.9 Å². The molecule has 1 aliphatic heterocycles. The number of anilines is 1. The lowest BCUT2D eigenvalue weighted by Gasteiger charge is -2.42. The molecule has 0 saturated carbocycles. The molecule has 0 unspecified atom stereocenters. The van der Waals surface area contributed by atoms with E-state index in [2.05, 4.69) is 46.5 Å². The van der Waals surface area contributed by atoms with Crippen molar-refractivity contribution in [2.75, 3.05) is 19.1 Å². The molecule has 0 N–H and O–H groups in total. The Bertz CT molecular complexity index is 795. The molecule has 6 nitrogen and oxygen atoms in total. The average Bonchev–Trinajstić information content (AvgIpc) is 2.89. The van der Waals surface area contributed by atoms with Gasteiger partial charge in [-0.05, 0) is 42.4 Å². The van der Waals surface area contributed by atoms with Gasteiger partial charge in [0.2, 0.25) is 0 Å². The molecular formula is C22H32N2O4Si. The van der Waals surface area contributed by atoms with E-state index in [0.29, 0.717) is 11.4 Å². The minimum absolute atomic E-state index is 0.0861. The van der Waals surface area contributed by atoms with E-state index in [0.717, 1.165) is 0 Å². The summed E-state index contributed by atoms with van der Waals surface area (Å²) >= 11 is 0. The average molecular weight is 417 g/mol. The van der Waals surface area contributed by atoms with Crippen molar-refractivity contribution in [1.82, 2.24) is 0 Å². The number of rotatable bonds is 7. The first-order chi connectivity index (χ1) is 13.5. The molecule has 0 bridgehead atoms. The normalized spacial score (nSPS) is 25.0. The van der Waals surface area contributed by atoms with E-state index in [1.54, 1.807) is 37.5 Å². The Morgan fingerprint density at radius 2 is 1.86 bits per heavy atom. The smallest absolute Gasteiger partial charge is 0.263 e. The third-order valence-corrected chi connectivity index (χ3v) is 10.6. The van der Waals surface area contributed by atoms with Crippen molar-refractivity contribution >= 4 is 19.9 Å². The van der Waals surface area contributed by atoms with Gasteiger partial charge < -0.3 is 13.9 Å². The maximum Gasteiger partial charge on any atom is 0.263 e. The highest BCUT2D eigenvalue weighted by Crippen LogP contribution is 2.45. The number of nitriles is 1. The second kappa shape index (κ2) is 8.31. The van der Waals surface area contributed by atoms with Crippen LogP contribution in [-0.4, -0.2) is 46.2 Å². The molecule has 1 aliphatic rings. The minimum Gasteiger partial charge on any atom is -0.497 e. The number of ether oxygens (including phenoxy) is 2. The lowest BCUT2D eigenvalue weighted by atomic mass is 9.92. The third-order valence-electron chi connectivity index (χ3n) is 6.13. The van der Waals surface area contributed by atoms with E-state index in [1.807, 2.05) is 0 Å². The van der Waals surface area contributed by atoms with Gasteiger partial charge in [0.1, 0.15) is 11.9 Å². The topological polar surface area (TPSA) is 71.8 Å². The zero-order chi connectivity index (χ0) is 22.0. The van der Waals surface area contributed by atoms with Crippen molar-refractivity contribution in [2.24, 2.45) is 0 Å². The van der Waals surface area contributed by atoms with E-state index in [9.17, 15) is 10.1 Å². The number of hydrogen-bond acceptors (Lipinski definition) is 5. The molecule has 1 saturated heterocycles. The summed E-state index contributed by atoms with van der Waals surface area (Å²) in [5, 5.41) is 9.98. The van der Waals surface area contributed by atoms with Crippen LogP contribution >= 0.6 is 0 Å². The number of carbonyl (C=O) groups excluding carboxylic acids is 1. The van der Waals surface area contributed by atoms with Crippen LogP contribution in [0.4, 0.5) is 5.69 Å². The van der Waals surface area contributed by atoms with Crippen LogP contribution in [0.5, 0.6) is 5.75 Å². The summed E-state index contributed by atoms with van der Waals surface area (Å²) in [5.41, 5.74) is -0.688. The molecule has 0 aliphatic carbocycles. The molecule has 0 aromatic heterocycles. The highest BCUT2D eigenvalue weighted by Gasteiger charge is 2.62. The second-order valence-corrected chi connectivity index (χ2v) is 13.6. The summed E-state index contributed by atoms with van der Waals surface area (Å²) in [7, 11) is 0.775. The zero-order valence-electron chi connectivity index (χ0n) is 18.5. The fraction of sp³-hybridized carbons (Fsp3) is 0.545. The summed E-state index contributed by atoms with van der Waals surface area (Å²) in [6, 6.07) is 8.55. The molecule has 1 aromatic rings. The molecule has 1 fully saturated rings. The van der Waals surface area contributed by atoms with Crippen molar-refractivity contribution in [3.8, 4) is 11.8 Å². The number of hydrogen-bond donors (Lipinski definition) is 0. The van der Waals surface area contributed by atoms with Gasteiger partial charge in [0.05, 0.1) is 13.2 Å². The SMILES string of the molecule is C=CC[C@]1(OC)C(=O)N(c2ccc(OC)cc2)[C@H](C#N)[C@@H]1O[Si](C)(C)C(C)(C)C. The Balaban J connectivity index is 2.60. The van der Waals surface area contributed by atoms with Crippen LogP contribution in [0.2, 0.25) is 18.1 Å². The van der Waals surface area contributed by atoms with Crippen LogP contribution in [0.25, 0.3) is 0 Å². The summed E-state index contributed by atoms with van der Waals surface area (Å²) in [5.74, 6) is 0.382. The van der Waals surface area contributed by atoms with E-state index >= 15 is 0 Å². The highest BCUT2D eigenvalue weighted by molar-refractivity contribution is 6.74. The Morgan fingerprint density at radius 3 is 2.28 bits per heavy atom. The van der Waals surface area contributed by atoms with Gasteiger partial charge in [0.25, 0.3) is 5.91 Å². The molecule has 7 heteroatoms. The largest absolute Gasteiger partial charge is 0.497 e. The fourth-order valence-corrected chi connectivity index (χ4v) is 4.65. The van der Waals surface area contributed by atoms with Gasteiger partial charge in [0.15, 0.2) is 20.0 Å². The van der Waals surface area contributed by atoms with Crippen molar-refractivity contribution in [3.63, 3.8) is 0 Å². The first-order valence-corrected chi connectivity index (χ1v) is 12.6. The van der Waals surface area contributed by atoms with Crippen LogP contribution < -0.4 is 9.64 Å². The van der Waals surface area contributed by atoms with Crippen molar-refractivity contribution in [1.29, 1.82) is 5.26 Å². The summed E-state index contributed by atoms with van der Waals surface area (Å²) in [6.45, 7) is 14.4. The van der Waals surface area contributed by atoms with E-state index in [4.69, 9.17) is 13.9 Å². The lowest BCUT2D eigenvalue weighted by Crippen LogP contribution is -2.55. The summed E-state index contributed by atoms with van der Waals surface area (Å²) < 4.78 is 17.7. The molecule has 2 rings (SSSR count). The quantitative estimate of drug-likeness (QED) is 0.490. The van der Waals surface area contributed by atoms with Gasteiger partial charge in [-0.25, -0.2) is 0 Å². The fourth-order valence-electron chi connectivity index (χ4n) is 3.35. The Labute approximate surface area is 175 Å². The van der Waals surface area contributed by atoms with Crippen LogP contribution in [-0.2, 0) is 14.0 Å². The summed E-state index contributed by atoms with van der Waals surface area (Å²) in [4.78, 5) is 15.1. The van der Waals surface area contributed by atoms with E-state index < -0.39 is 26.1 Å². The highest BCUT2D eigenvalue weighted by atomic mass is 28.4. The maximum atomic E-state index is 13.6. The van der Waals surface area contributed by atoms with Gasteiger partial charge in [-0.15, -0.1) is 6.58 Å². The molecule has 29 heavy (non-hydrogen) atoms. The predicted octanol–water partition coefficient (Wildman–Crippen LogP) is 4.29.